The van der Waals surface area contributed by atoms with Crippen molar-refractivity contribution >= 4 is 22.6 Å². The number of allylic oxidation sites excluding steroid dienone is 1. The molecular weight excluding hydrogens is 232 g/mol. The molecule has 90 valence electrons. The highest BCUT2D eigenvalue weighted by Gasteiger charge is 2.10. The van der Waals surface area contributed by atoms with E-state index in [0.717, 1.165) is 23.4 Å². The summed E-state index contributed by atoms with van der Waals surface area (Å²) in [5.74, 6) is 1.85. The fourth-order valence-electron chi connectivity index (χ4n) is 1.99. The monoisotopic (exact) mass is 248 g/mol. The lowest BCUT2D eigenvalue weighted by Gasteiger charge is -2.06. The topological polar surface area (TPSA) is 17.8 Å². The van der Waals surface area contributed by atoms with Crippen molar-refractivity contribution in [3.8, 4) is 0 Å². The Bertz CT molecular complexity index is 540. The molecule has 0 aliphatic rings. The quantitative estimate of drug-likeness (QED) is 0.589. The number of benzene rings is 1. The number of imidazole rings is 1. The molecule has 17 heavy (non-hydrogen) atoms. The van der Waals surface area contributed by atoms with Crippen LogP contribution in [0.25, 0.3) is 11.0 Å². The minimum atomic E-state index is 0.430. The van der Waals surface area contributed by atoms with Crippen LogP contribution in [0.2, 0.25) is 0 Å². The fourth-order valence-corrected chi connectivity index (χ4v) is 2.19. The van der Waals surface area contributed by atoms with Gasteiger partial charge in [0.05, 0.1) is 16.9 Å². The van der Waals surface area contributed by atoms with Gasteiger partial charge in [-0.2, -0.15) is 0 Å². The minimum Gasteiger partial charge on any atom is -0.323 e. The Hall–Kier alpha value is -1.28. The van der Waals surface area contributed by atoms with Gasteiger partial charge < -0.3 is 4.57 Å². The second kappa shape index (κ2) is 4.92. The first-order valence-electron chi connectivity index (χ1n) is 5.83. The average Bonchev–Trinajstić information content (AvgIpc) is 2.67. The summed E-state index contributed by atoms with van der Waals surface area (Å²) in [5, 5.41) is 0. The summed E-state index contributed by atoms with van der Waals surface area (Å²) in [7, 11) is 0. The van der Waals surface area contributed by atoms with E-state index in [-0.39, 0.29) is 0 Å². The molecule has 1 aromatic heterocycles. The number of hydrogen-bond donors (Lipinski definition) is 0. The van der Waals surface area contributed by atoms with Crippen LogP contribution in [0.15, 0.2) is 30.9 Å². The summed E-state index contributed by atoms with van der Waals surface area (Å²) >= 11 is 5.92. The van der Waals surface area contributed by atoms with Crippen molar-refractivity contribution in [3.05, 3.63) is 42.2 Å². The van der Waals surface area contributed by atoms with Crippen LogP contribution in [0.4, 0.5) is 0 Å². The summed E-state index contributed by atoms with van der Waals surface area (Å²) in [5.41, 5.74) is 3.46. The SMILES string of the molecule is C=CCn1c(CCl)nc2cc(C(C)C)ccc21. The summed E-state index contributed by atoms with van der Waals surface area (Å²) in [4.78, 5) is 4.58. The molecule has 0 bridgehead atoms. The zero-order valence-electron chi connectivity index (χ0n) is 10.3. The first kappa shape index (κ1) is 12.2. The molecule has 0 aliphatic heterocycles. The molecule has 0 radical (unpaired) electrons. The van der Waals surface area contributed by atoms with Crippen molar-refractivity contribution in [2.24, 2.45) is 0 Å². The van der Waals surface area contributed by atoms with Crippen LogP contribution < -0.4 is 0 Å². The van der Waals surface area contributed by atoms with Gasteiger partial charge in [-0.1, -0.05) is 26.0 Å². The van der Waals surface area contributed by atoms with Gasteiger partial charge in [-0.25, -0.2) is 4.98 Å². The van der Waals surface area contributed by atoms with Crippen molar-refractivity contribution in [3.63, 3.8) is 0 Å². The molecular formula is C14H17ClN2. The Kier molecular flexibility index (Phi) is 3.53. The normalized spacial score (nSPS) is 11.3. The van der Waals surface area contributed by atoms with Gasteiger partial charge in [0, 0.05) is 6.54 Å². The molecule has 0 unspecified atom stereocenters. The number of alkyl halides is 1. The van der Waals surface area contributed by atoms with Crippen LogP contribution in [-0.2, 0) is 12.4 Å². The smallest absolute Gasteiger partial charge is 0.125 e. The van der Waals surface area contributed by atoms with E-state index in [1.165, 1.54) is 5.56 Å². The Morgan fingerprint density at radius 2 is 2.24 bits per heavy atom. The molecule has 1 aromatic carbocycles. The second-order valence-corrected chi connectivity index (χ2v) is 4.73. The maximum atomic E-state index is 5.92. The third-order valence-corrected chi connectivity index (χ3v) is 3.19. The van der Waals surface area contributed by atoms with Crippen LogP contribution in [0.3, 0.4) is 0 Å². The van der Waals surface area contributed by atoms with E-state index in [1.54, 1.807) is 0 Å². The summed E-state index contributed by atoms with van der Waals surface area (Å²) < 4.78 is 2.11. The molecule has 2 nitrogen and oxygen atoms in total. The number of hydrogen-bond acceptors (Lipinski definition) is 1. The van der Waals surface area contributed by atoms with Gasteiger partial charge in [-0.05, 0) is 23.6 Å². The Morgan fingerprint density at radius 3 is 2.82 bits per heavy atom. The molecule has 2 aromatic rings. The second-order valence-electron chi connectivity index (χ2n) is 4.46. The van der Waals surface area contributed by atoms with Crippen LogP contribution in [0.5, 0.6) is 0 Å². The summed E-state index contributed by atoms with van der Waals surface area (Å²) in [6, 6.07) is 6.43. The van der Waals surface area contributed by atoms with E-state index in [9.17, 15) is 0 Å². The zero-order chi connectivity index (χ0) is 12.4. The number of aromatic nitrogens is 2. The molecule has 3 heteroatoms. The highest BCUT2D eigenvalue weighted by atomic mass is 35.5. The first-order chi connectivity index (χ1) is 8.17. The number of nitrogens with zero attached hydrogens (tertiary/aromatic N) is 2. The molecule has 0 spiro atoms. The Balaban J connectivity index is 2.60. The van der Waals surface area contributed by atoms with Crippen LogP contribution in [-0.4, -0.2) is 9.55 Å². The van der Waals surface area contributed by atoms with E-state index in [2.05, 4.69) is 48.2 Å². The molecule has 0 saturated heterocycles. The number of rotatable bonds is 4. The lowest BCUT2D eigenvalue weighted by molar-refractivity contribution is 0.799. The van der Waals surface area contributed by atoms with Crippen molar-refractivity contribution in [2.75, 3.05) is 0 Å². The molecule has 0 atom stereocenters. The highest BCUT2D eigenvalue weighted by Crippen LogP contribution is 2.23. The third-order valence-electron chi connectivity index (χ3n) is 2.95. The van der Waals surface area contributed by atoms with Gasteiger partial charge in [-0.15, -0.1) is 18.2 Å². The Labute approximate surface area is 107 Å². The molecule has 0 N–H and O–H groups in total. The van der Waals surface area contributed by atoms with E-state index in [4.69, 9.17) is 11.6 Å². The molecule has 0 amide bonds. The van der Waals surface area contributed by atoms with Gasteiger partial charge in [-0.3, -0.25) is 0 Å². The van der Waals surface area contributed by atoms with E-state index in [0.29, 0.717) is 11.8 Å². The number of fused-ring (bicyclic) bond motifs is 1. The largest absolute Gasteiger partial charge is 0.323 e. The van der Waals surface area contributed by atoms with Crippen molar-refractivity contribution in [1.82, 2.24) is 9.55 Å². The predicted octanol–water partition coefficient (Wildman–Crippen LogP) is 4.08. The van der Waals surface area contributed by atoms with Crippen LogP contribution in [0.1, 0.15) is 31.2 Å². The van der Waals surface area contributed by atoms with Gasteiger partial charge in [0.15, 0.2) is 0 Å². The maximum Gasteiger partial charge on any atom is 0.125 e. The highest BCUT2D eigenvalue weighted by molar-refractivity contribution is 6.16. The van der Waals surface area contributed by atoms with Crippen LogP contribution >= 0.6 is 11.6 Å². The molecule has 0 fully saturated rings. The van der Waals surface area contributed by atoms with E-state index < -0.39 is 0 Å². The van der Waals surface area contributed by atoms with E-state index in [1.807, 2.05) is 6.08 Å². The van der Waals surface area contributed by atoms with Crippen molar-refractivity contribution in [2.45, 2.75) is 32.2 Å². The zero-order valence-corrected chi connectivity index (χ0v) is 11.0. The molecule has 2 rings (SSSR count). The van der Waals surface area contributed by atoms with Gasteiger partial charge in [0.25, 0.3) is 0 Å². The molecule has 0 aliphatic carbocycles. The van der Waals surface area contributed by atoms with E-state index >= 15 is 0 Å². The fraction of sp³-hybridized carbons (Fsp3) is 0.357. The predicted molar refractivity (Wildman–Crippen MR) is 73.6 cm³/mol. The molecule has 0 saturated carbocycles. The summed E-state index contributed by atoms with van der Waals surface area (Å²) in [6.45, 7) is 8.89. The van der Waals surface area contributed by atoms with Gasteiger partial charge in [0.2, 0.25) is 0 Å². The van der Waals surface area contributed by atoms with Crippen molar-refractivity contribution < 1.29 is 0 Å². The summed E-state index contributed by atoms with van der Waals surface area (Å²) in [6.07, 6.45) is 1.87. The standard InChI is InChI=1S/C14H17ClN2/c1-4-7-17-13-6-5-11(10(2)3)8-12(13)16-14(17)9-15/h4-6,8,10H,1,7,9H2,2-3H3. The average molecular weight is 249 g/mol. The Morgan fingerprint density at radius 1 is 1.47 bits per heavy atom. The minimum absolute atomic E-state index is 0.430. The van der Waals surface area contributed by atoms with Crippen molar-refractivity contribution in [1.29, 1.82) is 0 Å². The molecule has 1 heterocycles. The lowest BCUT2D eigenvalue weighted by Crippen LogP contribution is -1.99. The van der Waals surface area contributed by atoms with Gasteiger partial charge >= 0.3 is 0 Å². The van der Waals surface area contributed by atoms with Gasteiger partial charge in [0.1, 0.15) is 5.82 Å². The maximum absolute atomic E-state index is 5.92. The third kappa shape index (κ3) is 2.22. The first-order valence-corrected chi connectivity index (χ1v) is 6.36. The lowest BCUT2D eigenvalue weighted by atomic mass is 10.0. The number of halogens is 1. The van der Waals surface area contributed by atoms with Crippen LogP contribution in [0, 0.1) is 0 Å².